The summed E-state index contributed by atoms with van der Waals surface area (Å²) in [6, 6.07) is 29.6. The highest BCUT2D eigenvalue weighted by Crippen LogP contribution is 2.54. The van der Waals surface area contributed by atoms with Crippen LogP contribution in [-0.2, 0) is 24.3 Å². The maximum Gasteiger partial charge on any atom is 0.248 e. The van der Waals surface area contributed by atoms with Crippen LogP contribution in [0.3, 0.4) is 0 Å². The van der Waals surface area contributed by atoms with Crippen molar-refractivity contribution in [3.8, 4) is 5.75 Å². The van der Waals surface area contributed by atoms with Gasteiger partial charge >= 0.3 is 0 Å². The molecule has 1 amide bonds. The molecule has 2 fully saturated rings. The normalized spacial score (nSPS) is 27.5. The molecule has 3 aromatic rings. The number of likely N-dealkylation sites (tertiary alicyclic amines) is 1. The van der Waals surface area contributed by atoms with Crippen LogP contribution in [0.5, 0.6) is 5.75 Å². The number of nitrogens with zero attached hydrogens (tertiary/aromatic N) is 2. The van der Waals surface area contributed by atoms with E-state index >= 15 is 0 Å². The number of aliphatic imine (C=N–C) groups is 1. The van der Waals surface area contributed by atoms with E-state index in [1.165, 1.54) is 11.1 Å². The Balaban J connectivity index is 1.26. The Morgan fingerprint density at radius 3 is 2.28 bits per heavy atom. The molecular weight excluding hydrogens is 482 g/mol. The number of amides is 1. The Morgan fingerprint density at radius 2 is 1.62 bits per heavy atom. The van der Waals surface area contributed by atoms with Crippen LogP contribution in [0.25, 0.3) is 0 Å². The van der Waals surface area contributed by atoms with Crippen LogP contribution in [0.15, 0.2) is 89.9 Å². The molecule has 1 saturated heterocycles. The molecule has 0 spiro atoms. The predicted octanol–water partition coefficient (Wildman–Crippen LogP) is 5.68. The van der Waals surface area contributed by atoms with E-state index in [0.29, 0.717) is 18.4 Å². The lowest BCUT2D eigenvalue weighted by molar-refractivity contribution is -0.132. The summed E-state index contributed by atoms with van der Waals surface area (Å²) < 4.78 is 6.04. The van der Waals surface area contributed by atoms with E-state index in [4.69, 9.17) is 9.73 Å². The Hall–Kier alpha value is -3.44. The van der Waals surface area contributed by atoms with Crippen molar-refractivity contribution in [3.63, 3.8) is 0 Å². The summed E-state index contributed by atoms with van der Waals surface area (Å²) in [6.07, 6.45) is 3.79. The van der Waals surface area contributed by atoms with Gasteiger partial charge < -0.3 is 10.1 Å². The molecule has 0 aromatic heterocycles. The lowest BCUT2D eigenvalue weighted by Crippen LogP contribution is -2.63. The van der Waals surface area contributed by atoms with E-state index in [0.717, 1.165) is 37.2 Å². The third-order valence-corrected chi connectivity index (χ3v) is 8.63. The van der Waals surface area contributed by atoms with E-state index in [1.54, 1.807) is 0 Å². The molecule has 3 aliphatic heterocycles. The average Bonchev–Trinajstić information content (AvgIpc) is 3.23. The summed E-state index contributed by atoms with van der Waals surface area (Å²) in [5.41, 5.74) is 2.71. The quantitative estimate of drug-likeness (QED) is 0.415. The number of hydrogen-bond acceptors (Lipinski definition) is 4. The van der Waals surface area contributed by atoms with Gasteiger partial charge in [0, 0.05) is 43.7 Å². The van der Waals surface area contributed by atoms with Crippen molar-refractivity contribution >= 4 is 12.1 Å². The molecule has 3 heterocycles. The Kier molecular flexibility index (Phi) is 6.80. The molecule has 3 aromatic carbocycles. The van der Waals surface area contributed by atoms with E-state index in [2.05, 4.69) is 104 Å². The fourth-order valence-electron chi connectivity index (χ4n) is 7.03. The highest BCUT2D eigenvalue weighted by atomic mass is 16.5. The summed E-state index contributed by atoms with van der Waals surface area (Å²) in [5, 5.41) is 3.27. The van der Waals surface area contributed by atoms with Gasteiger partial charge in [0.05, 0.1) is 0 Å². The van der Waals surface area contributed by atoms with Crippen molar-refractivity contribution in [2.45, 2.75) is 63.9 Å². The lowest BCUT2D eigenvalue weighted by Gasteiger charge is -2.51. The molecule has 5 atom stereocenters. The summed E-state index contributed by atoms with van der Waals surface area (Å²) in [4.78, 5) is 21.7. The monoisotopic (exact) mass is 521 g/mol. The second-order valence-electron chi connectivity index (χ2n) is 12.5. The second-order valence-corrected chi connectivity index (χ2v) is 12.5. The number of nitrogens with one attached hydrogen (secondary N) is 1. The molecule has 1 saturated carbocycles. The Morgan fingerprint density at radius 1 is 0.949 bits per heavy atom. The first-order valence-electron chi connectivity index (χ1n) is 14.2. The summed E-state index contributed by atoms with van der Waals surface area (Å²) in [5.74, 6) is 1.93. The van der Waals surface area contributed by atoms with Crippen molar-refractivity contribution in [1.29, 1.82) is 0 Å². The first kappa shape index (κ1) is 25.8. The molecule has 39 heavy (non-hydrogen) atoms. The van der Waals surface area contributed by atoms with Gasteiger partial charge in [0.25, 0.3) is 0 Å². The maximum atomic E-state index is 14.0. The Bertz CT molecular complexity index is 1320. The molecule has 5 nitrogen and oxygen atoms in total. The van der Waals surface area contributed by atoms with Gasteiger partial charge in [-0.15, -0.1) is 0 Å². The molecule has 7 rings (SSSR count). The van der Waals surface area contributed by atoms with Gasteiger partial charge in [-0.2, -0.15) is 0 Å². The van der Waals surface area contributed by atoms with Crippen molar-refractivity contribution in [2.24, 2.45) is 22.7 Å². The molecule has 1 aliphatic carbocycles. The molecule has 4 aliphatic rings. The van der Waals surface area contributed by atoms with Crippen LogP contribution in [-0.4, -0.2) is 40.7 Å². The minimum Gasteiger partial charge on any atom is -0.488 e. The second kappa shape index (κ2) is 10.3. The molecule has 0 radical (unpaired) electrons. The molecule has 202 valence electrons. The van der Waals surface area contributed by atoms with E-state index in [9.17, 15) is 4.79 Å². The molecule has 5 heteroatoms. The molecular formula is C34H39N3O2. The number of carbonyl (C=O) groups excluding carboxylic acids is 1. The standard InChI is InChI=1S/C34H39N3O2/c1-33(2,3)39-28-16-14-26(15-17-28)22-37-23-27-19-34(32(38)35-20-25-12-8-5-9-13-25)30(31(37)29(27)21-36-34)18-24-10-6-4-7-11-24/h4-17,21,27,29-31H,18-20,22-23H2,1-3H3,(H,35,38). The van der Waals surface area contributed by atoms with Crippen LogP contribution in [0.1, 0.15) is 43.9 Å². The minimum atomic E-state index is -0.728. The van der Waals surface area contributed by atoms with Crippen LogP contribution >= 0.6 is 0 Å². The summed E-state index contributed by atoms with van der Waals surface area (Å²) in [6.45, 7) is 8.61. The number of benzene rings is 3. The maximum absolute atomic E-state index is 14.0. The summed E-state index contributed by atoms with van der Waals surface area (Å²) >= 11 is 0. The highest BCUT2D eigenvalue weighted by molar-refractivity contribution is 5.91. The van der Waals surface area contributed by atoms with Crippen LogP contribution in [0.4, 0.5) is 0 Å². The largest absolute Gasteiger partial charge is 0.488 e. The van der Waals surface area contributed by atoms with Crippen molar-refractivity contribution in [1.82, 2.24) is 10.2 Å². The van der Waals surface area contributed by atoms with Gasteiger partial charge in [0.15, 0.2) is 0 Å². The van der Waals surface area contributed by atoms with E-state index in [-0.39, 0.29) is 23.5 Å². The van der Waals surface area contributed by atoms with Crippen LogP contribution in [0.2, 0.25) is 0 Å². The first-order chi connectivity index (χ1) is 18.8. The predicted molar refractivity (Wildman–Crippen MR) is 156 cm³/mol. The van der Waals surface area contributed by atoms with Gasteiger partial charge in [0.1, 0.15) is 16.9 Å². The first-order valence-corrected chi connectivity index (χ1v) is 14.2. The van der Waals surface area contributed by atoms with Gasteiger partial charge in [-0.25, -0.2) is 0 Å². The fourth-order valence-corrected chi connectivity index (χ4v) is 7.03. The third kappa shape index (κ3) is 5.25. The number of ether oxygens (including phenoxy) is 1. The topological polar surface area (TPSA) is 53.9 Å². The smallest absolute Gasteiger partial charge is 0.248 e. The zero-order chi connectivity index (χ0) is 27.0. The van der Waals surface area contributed by atoms with Crippen LogP contribution in [0, 0.1) is 17.8 Å². The van der Waals surface area contributed by atoms with Gasteiger partial charge in [-0.1, -0.05) is 72.8 Å². The number of rotatable bonds is 8. The van der Waals surface area contributed by atoms with Gasteiger partial charge in [-0.3, -0.25) is 14.7 Å². The Labute approximate surface area is 232 Å². The van der Waals surface area contributed by atoms with E-state index < -0.39 is 5.54 Å². The van der Waals surface area contributed by atoms with Crippen molar-refractivity contribution in [2.75, 3.05) is 6.54 Å². The van der Waals surface area contributed by atoms with E-state index in [1.807, 2.05) is 18.2 Å². The summed E-state index contributed by atoms with van der Waals surface area (Å²) in [7, 11) is 0. The average molecular weight is 522 g/mol. The van der Waals surface area contributed by atoms with Crippen molar-refractivity contribution in [3.05, 3.63) is 102 Å². The zero-order valence-corrected chi connectivity index (χ0v) is 23.2. The lowest BCUT2D eigenvalue weighted by atomic mass is 9.59. The SMILES string of the molecule is CC(C)(C)Oc1ccc(CN2CC3CC4(C(=O)NCc5ccccc5)N=CC3C2C4Cc2ccccc2)cc1. The molecule has 4 bridgehead atoms. The van der Waals surface area contributed by atoms with Gasteiger partial charge in [0.2, 0.25) is 5.91 Å². The molecule has 5 unspecified atom stereocenters. The number of carbonyl (C=O) groups is 1. The zero-order valence-electron chi connectivity index (χ0n) is 23.2. The number of hydrogen-bond donors (Lipinski definition) is 1. The van der Waals surface area contributed by atoms with Gasteiger partial charge in [-0.05, 0) is 68.4 Å². The third-order valence-electron chi connectivity index (χ3n) is 8.63. The minimum absolute atomic E-state index is 0.0715. The van der Waals surface area contributed by atoms with Crippen molar-refractivity contribution < 1.29 is 9.53 Å². The van der Waals surface area contributed by atoms with Crippen LogP contribution < -0.4 is 10.1 Å². The highest BCUT2D eigenvalue weighted by Gasteiger charge is 2.63. The molecule has 1 N–H and O–H groups in total. The fraction of sp³-hybridized carbons (Fsp3) is 0.412.